The van der Waals surface area contributed by atoms with Crippen LogP contribution in [0.15, 0.2) is 40.5 Å². The van der Waals surface area contributed by atoms with Crippen LogP contribution < -0.4 is 5.56 Å². The van der Waals surface area contributed by atoms with Gasteiger partial charge in [-0.25, -0.2) is 4.98 Å². The number of hydrogen-bond donors (Lipinski definition) is 1. The van der Waals surface area contributed by atoms with Crippen LogP contribution in [0.1, 0.15) is 22.7 Å². The summed E-state index contributed by atoms with van der Waals surface area (Å²) in [5.74, 6) is 0.589. The van der Waals surface area contributed by atoms with Crippen LogP contribution >= 0.6 is 11.3 Å². The lowest BCUT2D eigenvalue weighted by Crippen LogP contribution is -2.26. The van der Waals surface area contributed by atoms with Gasteiger partial charge in [0.1, 0.15) is 5.82 Å². The standard InChI is InChI=1S/C18H19N3O2S/c1-12-9-10-24-15(12)11-21(2)17(22)8-7-16-19-14-6-4-3-5-13(14)18(23)20-16/h3-6,9-10H,7-8,11H2,1-2H3,(H,19,20,23). The number of aromatic nitrogens is 2. The Kier molecular flexibility index (Phi) is 4.76. The van der Waals surface area contributed by atoms with Crippen molar-refractivity contribution in [1.82, 2.24) is 14.9 Å². The van der Waals surface area contributed by atoms with Crippen LogP contribution in [0.2, 0.25) is 0 Å². The first-order valence-electron chi connectivity index (χ1n) is 7.79. The van der Waals surface area contributed by atoms with E-state index in [1.165, 1.54) is 10.4 Å². The van der Waals surface area contributed by atoms with Crippen LogP contribution in [0, 0.1) is 6.92 Å². The summed E-state index contributed by atoms with van der Waals surface area (Å²) in [4.78, 5) is 34.5. The smallest absolute Gasteiger partial charge is 0.258 e. The van der Waals surface area contributed by atoms with Crippen molar-refractivity contribution in [2.75, 3.05) is 7.05 Å². The Hall–Kier alpha value is -2.47. The third kappa shape index (κ3) is 3.54. The molecule has 0 saturated carbocycles. The number of rotatable bonds is 5. The van der Waals surface area contributed by atoms with Crippen molar-refractivity contribution in [2.45, 2.75) is 26.3 Å². The molecule has 24 heavy (non-hydrogen) atoms. The number of carbonyl (C=O) groups is 1. The zero-order chi connectivity index (χ0) is 17.1. The summed E-state index contributed by atoms with van der Waals surface area (Å²) in [6.07, 6.45) is 0.745. The molecule has 2 heterocycles. The molecule has 0 radical (unpaired) electrons. The second-order valence-electron chi connectivity index (χ2n) is 5.81. The van der Waals surface area contributed by atoms with Gasteiger partial charge in [-0.15, -0.1) is 11.3 Å². The molecule has 124 valence electrons. The number of aromatic amines is 1. The number of thiophene rings is 1. The van der Waals surface area contributed by atoms with E-state index in [2.05, 4.69) is 16.0 Å². The van der Waals surface area contributed by atoms with Crippen molar-refractivity contribution >= 4 is 28.1 Å². The van der Waals surface area contributed by atoms with Crippen LogP contribution in [0.3, 0.4) is 0 Å². The Morgan fingerprint density at radius 3 is 2.83 bits per heavy atom. The van der Waals surface area contributed by atoms with Crippen LogP contribution in [-0.2, 0) is 17.8 Å². The van der Waals surface area contributed by atoms with Gasteiger partial charge in [-0.1, -0.05) is 12.1 Å². The summed E-state index contributed by atoms with van der Waals surface area (Å²) in [5, 5.41) is 2.60. The van der Waals surface area contributed by atoms with Crippen LogP contribution in [0.25, 0.3) is 10.9 Å². The average molecular weight is 341 g/mol. The van der Waals surface area contributed by atoms with E-state index in [0.717, 1.165) is 0 Å². The molecule has 0 bridgehead atoms. The van der Waals surface area contributed by atoms with E-state index in [1.807, 2.05) is 30.5 Å². The molecule has 6 heteroatoms. The zero-order valence-electron chi connectivity index (χ0n) is 13.7. The van der Waals surface area contributed by atoms with Crippen molar-refractivity contribution < 1.29 is 4.79 Å². The van der Waals surface area contributed by atoms with Crippen molar-refractivity contribution in [3.8, 4) is 0 Å². The van der Waals surface area contributed by atoms with Gasteiger partial charge in [-0.3, -0.25) is 9.59 Å². The molecule has 0 atom stereocenters. The SMILES string of the molecule is Cc1ccsc1CN(C)C(=O)CCc1nc2ccccc2c(=O)[nH]1. The third-order valence-electron chi connectivity index (χ3n) is 4.01. The monoisotopic (exact) mass is 341 g/mol. The Morgan fingerprint density at radius 2 is 2.08 bits per heavy atom. The number of fused-ring (bicyclic) bond motifs is 1. The number of amides is 1. The fraction of sp³-hybridized carbons (Fsp3) is 0.278. The van der Waals surface area contributed by atoms with Gasteiger partial charge in [0.2, 0.25) is 5.91 Å². The molecule has 0 saturated heterocycles. The molecule has 2 aromatic heterocycles. The van der Waals surface area contributed by atoms with Gasteiger partial charge in [0.25, 0.3) is 5.56 Å². The van der Waals surface area contributed by atoms with Gasteiger partial charge in [-0.2, -0.15) is 0 Å². The molecule has 0 aliphatic rings. The highest BCUT2D eigenvalue weighted by atomic mass is 32.1. The Morgan fingerprint density at radius 1 is 1.29 bits per heavy atom. The highest BCUT2D eigenvalue weighted by Crippen LogP contribution is 2.17. The third-order valence-corrected chi connectivity index (χ3v) is 5.02. The summed E-state index contributed by atoms with van der Waals surface area (Å²) in [6.45, 7) is 2.66. The van der Waals surface area contributed by atoms with E-state index in [-0.39, 0.29) is 11.5 Å². The van der Waals surface area contributed by atoms with Crippen molar-refractivity contribution in [3.05, 3.63) is 62.3 Å². The van der Waals surface area contributed by atoms with E-state index in [4.69, 9.17) is 0 Å². The molecule has 1 aromatic carbocycles. The Labute approximate surface area is 144 Å². The number of H-pyrrole nitrogens is 1. The molecule has 5 nitrogen and oxygen atoms in total. The molecule has 0 spiro atoms. The number of nitrogens with zero attached hydrogens (tertiary/aromatic N) is 2. The number of carbonyl (C=O) groups excluding carboxylic acids is 1. The second kappa shape index (κ2) is 6.97. The molecular formula is C18H19N3O2S. The fourth-order valence-corrected chi connectivity index (χ4v) is 3.50. The number of aryl methyl sites for hydroxylation is 2. The minimum absolute atomic E-state index is 0.0404. The molecule has 3 rings (SSSR count). The van der Waals surface area contributed by atoms with E-state index in [9.17, 15) is 9.59 Å². The van der Waals surface area contributed by atoms with Gasteiger partial charge in [0, 0.05) is 24.8 Å². The van der Waals surface area contributed by atoms with Crippen molar-refractivity contribution in [3.63, 3.8) is 0 Å². The maximum Gasteiger partial charge on any atom is 0.258 e. The largest absolute Gasteiger partial charge is 0.341 e. The molecule has 0 unspecified atom stereocenters. The quantitative estimate of drug-likeness (QED) is 0.776. The predicted molar refractivity (Wildman–Crippen MR) is 96.2 cm³/mol. The highest BCUT2D eigenvalue weighted by Gasteiger charge is 2.12. The van der Waals surface area contributed by atoms with Gasteiger partial charge in [0.05, 0.1) is 17.4 Å². The first kappa shape index (κ1) is 16.4. The summed E-state index contributed by atoms with van der Waals surface area (Å²) in [6, 6.07) is 9.27. The Bertz CT molecular complexity index is 929. The maximum atomic E-state index is 12.3. The highest BCUT2D eigenvalue weighted by molar-refractivity contribution is 7.10. The normalized spacial score (nSPS) is 10.9. The van der Waals surface area contributed by atoms with Gasteiger partial charge >= 0.3 is 0 Å². The van der Waals surface area contributed by atoms with Crippen LogP contribution in [-0.4, -0.2) is 27.8 Å². The van der Waals surface area contributed by atoms with E-state index < -0.39 is 0 Å². The van der Waals surface area contributed by atoms with E-state index in [0.29, 0.717) is 36.1 Å². The fourth-order valence-electron chi connectivity index (χ4n) is 2.54. The van der Waals surface area contributed by atoms with Crippen LogP contribution in [0.5, 0.6) is 0 Å². The van der Waals surface area contributed by atoms with Crippen molar-refractivity contribution in [2.24, 2.45) is 0 Å². The van der Waals surface area contributed by atoms with Gasteiger partial charge in [0.15, 0.2) is 0 Å². The Balaban J connectivity index is 1.66. The number of nitrogens with one attached hydrogen (secondary N) is 1. The topological polar surface area (TPSA) is 66.1 Å². The van der Waals surface area contributed by atoms with Crippen LogP contribution in [0.4, 0.5) is 0 Å². The first-order chi connectivity index (χ1) is 11.5. The second-order valence-corrected chi connectivity index (χ2v) is 6.81. The molecule has 0 aliphatic heterocycles. The minimum atomic E-state index is -0.161. The average Bonchev–Trinajstić information content (AvgIpc) is 2.97. The number of para-hydroxylation sites is 1. The number of benzene rings is 1. The molecule has 3 aromatic rings. The minimum Gasteiger partial charge on any atom is -0.341 e. The molecule has 0 aliphatic carbocycles. The first-order valence-corrected chi connectivity index (χ1v) is 8.67. The predicted octanol–water partition coefficient (Wildman–Crippen LogP) is 2.88. The summed E-state index contributed by atoms with van der Waals surface area (Å²) < 4.78 is 0. The lowest BCUT2D eigenvalue weighted by molar-refractivity contribution is -0.130. The molecular weight excluding hydrogens is 322 g/mol. The molecule has 0 fully saturated rings. The number of hydrogen-bond acceptors (Lipinski definition) is 4. The molecule has 1 N–H and O–H groups in total. The summed E-state index contributed by atoms with van der Waals surface area (Å²) >= 11 is 1.66. The van der Waals surface area contributed by atoms with Crippen molar-refractivity contribution in [1.29, 1.82) is 0 Å². The van der Waals surface area contributed by atoms with E-state index in [1.54, 1.807) is 29.4 Å². The zero-order valence-corrected chi connectivity index (χ0v) is 14.5. The maximum absolute atomic E-state index is 12.3. The van der Waals surface area contributed by atoms with E-state index >= 15 is 0 Å². The van der Waals surface area contributed by atoms with Gasteiger partial charge in [-0.05, 0) is 36.1 Å². The summed E-state index contributed by atoms with van der Waals surface area (Å²) in [5.41, 5.74) is 1.71. The lowest BCUT2D eigenvalue weighted by atomic mass is 10.2. The summed E-state index contributed by atoms with van der Waals surface area (Å²) in [7, 11) is 1.80. The lowest BCUT2D eigenvalue weighted by Gasteiger charge is -2.16. The molecule has 1 amide bonds. The van der Waals surface area contributed by atoms with Gasteiger partial charge < -0.3 is 9.88 Å².